The van der Waals surface area contributed by atoms with E-state index in [9.17, 15) is 4.79 Å². The predicted octanol–water partition coefficient (Wildman–Crippen LogP) is 4.07. The summed E-state index contributed by atoms with van der Waals surface area (Å²) in [5.74, 6) is 1.00. The molecule has 3 rings (SSSR count). The minimum atomic E-state index is -0.263. The van der Waals surface area contributed by atoms with E-state index in [4.69, 9.17) is 4.52 Å². The Hall–Kier alpha value is -2.54. The van der Waals surface area contributed by atoms with Crippen LogP contribution in [0, 0.1) is 20.8 Å². The normalized spacial score (nSPS) is 10.7. The number of rotatable bonds is 3. The first kappa shape index (κ1) is 16.3. The number of hydrogen-bond acceptors (Lipinski definition) is 5. The van der Waals surface area contributed by atoms with E-state index in [-0.39, 0.29) is 5.91 Å². The number of halogens is 1. The molecule has 0 aliphatic rings. The fourth-order valence-electron chi connectivity index (χ4n) is 2.43. The SMILES string of the molecule is Cc1cc(C)c(-c2noc(C)n2)c(NC(=O)c2ccccc2Br)n1. The molecule has 122 valence electrons. The average Bonchev–Trinajstić information content (AvgIpc) is 2.93. The first-order valence-electron chi connectivity index (χ1n) is 7.30. The zero-order valence-electron chi connectivity index (χ0n) is 13.4. The molecule has 7 heteroatoms. The van der Waals surface area contributed by atoms with Crippen molar-refractivity contribution in [2.24, 2.45) is 0 Å². The number of pyridine rings is 1. The summed E-state index contributed by atoms with van der Waals surface area (Å²) in [6, 6.07) is 9.12. The third-order valence-electron chi connectivity index (χ3n) is 3.45. The minimum Gasteiger partial charge on any atom is -0.339 e. The van der Waals surface area contributed by atoms with Gasteiger partial charge >= 0.3 is 0 Å². The molecule has 6 nitrogen and oxygen atoms in total. The Balaban J connectivity index is 2.04. The van der Waals surface area contributed by atoms with E-state index in [1.54, 1.807) is 19.1 Å². The molecular formula is C17H15BrN4O2. The Morgan fingerprint density at radius 1 is 1.17 bits per heavy atom. The summed E-state index contributed by atoms with van der Waals surface area (Å²) >= 11 is 3.39. The van der Waals surface area contributed by atoms with Gasteiger partial charge in [-0.15, -0.1) is 0 Å². The number of nitrogens with one attached hydrogen (secondary N) is 1. The van der Waals surface area contributed by atoms with E-state index < -0.39 is 0 Å². The molecule has 0 radical (unpaired) electrons. The van der Waals surface area contributed by atoms with Gasteiger partial charge in [0.2, 0.25) is 11.7 Å². The molecule has 0 unspecified atom stereocenters. The molecular weight excluding hydrogens is 372 g/mol. The highest BCUT2D eigenvalue weighted by atomic mass is 79.9. The molecule has 24 heavy (non-hydrogen) atoms. The molecule has 0 saturated carbocycles. The lowest BCUT2D eigenvalue weighted by atomic mass is 10.1. The Morgan fingerprint density at radius 2 is 1.92 bits per heavy atom. The first-order chi connectivity index (χ1) is 11.5. The summed E-state index contributed by atoms with van der Waals surface area (Å²) in [7, 11) is 0. The van der Waals surface area contributed by atoms with Gasteiger partial charge in [-0.1, -0.05) is 17.3 Å². The maximum absolute atomic E-state index is 12.6. The van der Waals surface area contributed by atoms with Crippen LogP contribution < -0.4 is 5.32 Å². The third-order valence-corrected chi connectivity index (χ3v) is 4.14. The largest absolute Gasteiger partial charge is 0.339 e. The lowest BCUT2D eigenvalue weighted by Gasteiger charge is -2.12. The Kier molecular flexibility index (Phi) is 4.44. The van der Waals surface area contributed by atoms with Crippen molar-refractivity contribution in [3.8, 4) is 11.4 Å². The molecule has 0 fully saturated rings. The topological polar surface area (TPSA) is 80.9 Å². The van der Waals surface area contributed by atoms with Gasteiger partial charge in [0.25, 0.3) is 5.91 Å². The van der Waals surface area contributed by atoms with Crippen LogP contribution in [0.5, 0.6) is 0 Å². The summed E-state index contributed by atoms with van der Waals surface area (Å²) in [4.78, 5) is 21.3. The summed E-state index contributed by atoms with van der Waals surface area (Å²) in [5, 5.41) is 6.80. The highest BCUT2D eigenvalue weighted by Crippen LogP contribution is 2.29. The molecule has 2 heterocycles. The van der Waals surface area contributed by atoms with Gasteiger partial charge in [0.05, 0.1) is 11.1 Å². The van der Waals surface area contributed by atoms with Crippen LogP contribution in [0.3, 0.4) is 0 Å². The van der Waals surface area contributed by atoms with Gasteiger partial charge in [0.15, 0.2) is 0 Å². The number of anilines is 1. The molecule has 2 aromatic heterocycles. The van der Waals surface area contributed by atoms with Gasteiger partial charge in [-0.2, -0.15) is 4.98 Å². The van der Waals surface area contributed by atoms with Crippen molar-refractivity contribution in [2.45, 2.75) is 20.8 Å². The van der Waals surface area contributed by atoms with Gasteiger partial charge in [-0.25, -0.2) is 4.98 Å². The van der Waals surface area contributed by atoms with Gasteiger partial charge in [-0.3, -0.25) is 4.79 Å². The van der Waals surface area contributed by atoms with E-state index in [2.05, 4.69) is 36.4 Å². The van der Waals surface area contributed by atoms with E-state index in [0.717, 1.165) is 11.3 Å². The molecule has 3 aromatic rings. The molecule has 1 amide bonds. The number of carbonyl (C=O) groups is 1. The van der Waals surface area contributed by atoms with Crippen LogP contribution >= 0.6 is 15.9 Å². The molecule has 0 bridgehead atoms. The second-order valence-corrected chi connectivity index (χ2v) is 6.23. The molecule has 1 N–H and O–H groups in total. The van der Waals surface area contributed by atoms with Gasteiger partial charge in [0, 0.05) is 17.1 Å². The zero-order valence-corrected chi connectivity index (χ0v) is 15.0. The van der Waals surface area contributed by atoms with E-state index in [1.165, 1.54) is 0 Å². The number of nitrogens with zero attached hydrogens (tertiary/aromatic N) is 3. The number of carbonyl (C=O) groups excluding carboxylic acids is 1. The standard InChI is InChI=1S/C17H15BrN4O2/c1-9-8-10(2)19-15(14(9)16-20-11(3)24-22-16)21-17(23)12-6-4-5-7-13(12)18/h4-8H,1-3H3,(H,19,21,23). The van der Waals surface area contributed by atoms with Crippen molar-refractivity contribution in [1.82, 2.24) is 15.1 Å². The minimum absolute atomic E-state index is 0.263. The van der Waals surface area contributed by atoms with Crippen LogP contribution in [-0.2, 0) is 0 Å². The van der Waals surface area contributed by atoms with Crippen LogP contribution in [0.4, 0.5) is 5.82 Å². The summed E-state index contributed by atoms with van der Waals surface area (Å²) in [6.45, 7) is 5.50. The van der Waals surface area contributed by atoms with Gasteiger partial charge in [0.1, 0.15) is 5.82 Å². The number of amides is 1. The van der Waals surface area contributed by atoms with Crippen LogP contribution in [0.15, 0.2) is 39.3 Å². The lowest BCUT2D eigenvalue weighted by molar-refractivity contribution is 0.102. The molecule has 1 aromatic carbocycles. The van der Waals surface area contributed by atoms with Crippen molar-refractivity contribution in [3.05, 3.63) is 57.5 Å². The second kappa shape index (κ2) is 6.52. The Labute approximate surface area is 147 Å². The maximum atomic E-state index is 12.6. The smallest absolute Gasteiger partial charge is 0.257 e. The number of benzene rings is 1. The van der Waals surface area contributed by atoms with E-state index >= 15 is 0 Å². The number of aryl methyl sites for hydroxylation is 3. The molecule has 0 spiro atoms. The monoisotopic (exact) mass is 386 g/mol. The Bertz CT molecular complexity index is 921. The van der Waals surface area contributed by atoms with Gasteiger partial charge < -0.3 is 9.84 Å². The lowest BCUT2D eigenvalue weighted by Crippen LogP contribution is -2.15. The highest BCUT2D eigenvalue weighted by Gasteiger charge is 2.19. The van der Waals surface area contributed by atoms with E-state index in [1.807, 2.05) is 32.0 Å². The number of aromatic nitrogens is 3. The summed E-state index contributed by atoms with van der Waals surface area (Å²) < 4.78 is 5.77. The third kappa shape index (κ3) is 3.21. The highest BCUT2D eigenvalue weighted by molar-refractivity contribution is 9.10. The second-order valence-electron chi connectivity index (χ2n) is 5.38. The van der Waals surface area contributed by atoms with Crippen LogP contribution in [0.2, 0.25) is 0 Å². The van der Waals surface area contributed by atoms with Crippen LogP contribution in [0.25, 0.3) is 11.4 Å². The first-order valence-corrected chi connectivity index (χ1v) is 8.10. The fraction of sp³-hybridized carbons (Fsp3) is 0.176. The van der Waals surface area contributed by atoms with Crippen molar-refractivity contribution >= 4 is 27.7 Å². The molecule has 0 aliphatic carbocycles. The number of hydrogen-bond donors (Lipinski definition) is 1. The average molecular weight is 387 g/mol. The van der Waals surface area contributed by atoms with Crippen molar-refractivity contribution in [3.63, 3.8) is 0 Å². The van der Waals surface area contributed by atoms with Crippen molar-refractivity contribution in [2.75, 3.05) is 5.32 Å². The van der Waals surface area contributed by atoms with Crippen LogP contribution in [-0.4, -0.2) is 21.0 Å². The quantitative estimate of drug-likeness (QED) is 0.733. The fourth-order valence-corrected chi connectivity index (χ4v) is 2.90. The molecule has 0 atom stereocenters. The van der Waals surface area contributed by atoms with Crippen molar-refractivity contribution < 1.29 is 9.32 Å². The molecule has 0 saturated heterocycles. The zero-order chi connectivity index (χ0) is 17.3. The molecule has 0 aliphatic heterocycles. The predicted molar refractivity (Wildman–Crippen MR) is 93.8 cm³/mol. The van der Waals surface area contributed by atoms with Crippen LogP contribution in [0.1, 0.15) is 27.5 Å². The summed E-state index contributed by atoms with van der Waals surface area (Å²) in [6.07, 6.45) is 0. The van der Waals surface area contributed by atoms with Crippen molar-refractivity contribution in [1.29, 1.82) is 0 Å². The maximum Gasteiger partial charge on any atom is 0.257 e. The Morgan fingerprint density at radius 3 is 2.58 bits per heavy atom. The summed E-state index contributed by atoms with van der Waals surface area (Å²) in [5.41, 5.74) is 2.87. The van der Waals surface area contributed by atoms with Gasteiger partial charge in [-0.05, 0) is 53.5 Å². The van der Waals surface area contributed by atoms with E-state index in [0.29, 0.717) is 33.1 Å².